The molecule has 2 fully saturated rings. The Morgan fingerprint density at radius 3 is 2.18 bits per heavy atom. The maximum absolute atomic E-state index is 14.3. The minimum atomic E-state index is -1.51. The molecule has 0 radical (unpaired) electrons. The van der Waals surface area contributed by atoms with Crippen LogP contribution < -0.4 is 0 Å². The van der Waals surface area contributed by atoms with Crippen LogP contribution in [-0.4, -0.2) is 81.0 Å². The van der Waals surface area contributed by atoms with Crippen LogP contribution in [0.5, 0.6) is 0 Å². The Morgan fingerprint density at radius 1 is 0.971 bits per heavy atom. The molecular weight excluding hydrogens is 432 g/mol. The predicted octanol–water partition coefficient (Wildman–Crippen LogP) is 2.16. The van der Waals surface area contributed by atoms with E-state index in [0.717, 1.165) is 11.1 Å². The number of nitrogens with zero attached hydrogens (tertiary/aromatic N) is 2. The van der Waals surface area contributed by atoms with Gasteiger partial charge >= 0.3 is 11.9 Å². The van der Waals surface area contributed by atoms with Gasteiger partial charge in [-0.1, -0.05) is 60.7 Å². The van der Waals surface area contributed by atoms with E-state index in [1.165, 1.54) is 14.2 Å². The lowest BCUT2D eigenvalue weighted by atomic mass is 9.59. The van der Waals surface area contributed by atoms with Crippen molar-refractivity contribution in [2.75, 3.05) is 41.4 Å². The Hall–Kier alpha value is -3.03. The summed E-state index contributed by atoms with van der Waals surface area (Å²) >= 11 is 0. The minimum Gasteiger partial charge on any atom is -0.468 e. The second-order valence-corrected chi connectivity index (χ2v) is 9.41. The van der Waals surface area contributed by atoms with Crippen molar-refractivity contribution in [3.8, 4) is 0 Å². The summed E-state index contributed by atoms with van der Waals surface area (Å²) < 4.78 is 10.4. The second kappa shape index (κ2) is 9.68. The first-order valence-electron chi connectivity index (χ1n) is 11.5. The summed E-state index contributed by atoms with van der Waals surface area (Å²) in [6, 6.07) is 18.8. The molecule has 4 rings (SSSR count). The molecule has 5 unspecified atom stereocenters. The van der Waals surface area contributed by atoms with E-state index in [9.17, 15) is 14.4 Å². The van der Waals surface area contributed by atoms with Crippen molar-refractivity contribution < 1.29 is 23.9 Å². The van der Waals surface area contributed by atoms with Crippen molar-refractivity contribution in [1.82, 2.24) is 9.80 Å². The number of carbonyl (C=O) groups is 3. The average Bonchev–Trinajstić information content (AvgIpc) is 2.86. The van der Waals surface area contributed by atoms with Crippen LogP contribution in [0.1, 0.15) is 17.0 Å². The lowest BCUT2D eigenvalue weighted by molar-refractivity contribution is -0.184. The summed E-state index contributed by atoms with van der Waals surface area (Å²) in [5, 5.41) is 0. The number of likely N-dealkylation sites (N-methyl/N-ethyl adjacent to an activating group) is 2. The van der Waals surface area contributed by atoms with Gasteiger partial charge in [-0.2, -0.15) is 0 Å². The number of Topliss-reactive ketones (excluding diaryl/α,β-unsaturated/α-hetero) is 1. The van der Waals surface area contributed by atoms with E-state index < -0.39 is 41.1 Å². The number of carbonyl (C=O) groups excluding carboxylic acids is 3. The van der Waals surface area contributed by atoms with Crippen molar-refractivity contribution >= 4 is 17.7 Å². The summed E-state index contributed by atoms with van der Waals surface area (Å²) in [7, 11) is 6.40. The number of esters is 2. The van der Waals surface area contributed by atoms with Crippen LogP contribution in [-0.2, 0) is 30.3 Å². The quantitative estimate of drug-likeness (QED) is 0.496. The van der Waals surface area contributed by atoms with E-state index in [4.69, 9.17) is 9.47 Å². The van der Waals surface area contributed by atoms with Gasteiger partial charge < -0.3 is 14.4 Å². The molecule has 2 heterocycles. The number of ether oxygens (including phenoxy) is 2. The van der Waals surface area contributed by atoms with Gasteiger partial charge in [0.1, 0.15) is 5.92 Å². The van der Waals surface area contributed by atoms with Gasteiger partial charge in [0.25, 0.3) is 0 Å². The van der Waals surface area contributed by atoms with E-state index in [1.807, 2.05) is 79.7 Å². The summed E-state index contributed by atoms with van der Waals surface area (Å²) in [5.74, 6) is -2.88. The molecule has 7 heteroatoms. The fourth-order valence-electron chi connectivity index (χ4n) is 6.08. The number of ketones is 1. The zero-order valence-electron chi connectivity index (χ0n) is 20.1. The van der Waals surface area contributed by atoms with Gasteiger partial charge in [-0.05, 0) is 31.6 Å². The highest BCUT2D eigenvalue weighted by atomic mass is 16.5. The van der Waals surface area contributed by atoms with E-state index in [2.05, 4.69) is 4.90 Å². The number of hydrogen-bond acceptors (Lipinski definition) is 7. The standard InChI is InChI=1S/C27H32N2O5/c1-28-16-20(19-13-9-6-10-14-19)23-27(17-28,26(32)34-4)24(30)22(25(31)33-3)21(29(23)2)15-18-11-7-5-8-12-18/h5-14,20-23H,15-17H2,1-4H3. The molecule has 0 aliphatic carbocycles. The molecule has 180 valence electrons. The normalized spacial score (nSPS) is 29.8. The molecule has 2 aromatic carbocycles. The minimum absolute atomic E-state index is 0.134. The molecule has 5 atom stereocenters. The van der Waals surface area contributed by atoms with Crippen LogP contribution in [0.2, 0.25) is 0 Å². The van der Waals surface area contributed by atoms with Crippen molar-refractivity contribution in [3.05, 3.63) is 71.8 Å². The molecular formula is C27H32N2O5. The summed E-state index contributed by atoms with van der Waals surface area (Å²) in [5.41, 5.74) is 0.543. The molecule has 0 amide bonds. The molecule has 7 nitrogen and oxygen atoms in total. The molecule has 2 saturated heterocycles. The van der Waals surface area contributed by atoms with E-state index >= 15 is 0 Å². The Labute approximate surface area is 200 Å². The Bertz CT molecular complexity index is 1040. The summed E-state index contributed by atoms with van der Waals surface area (Å²) in [6.07, 6.45) is 0.480. The molecule has 0 bridgehead atoms. The maximum atomic E-state index is 14.3. The van der Waals surface area contributed by atoms with E-state index in [0.29, 0.717) is 13.0 Å². The zero-order valence-corrected chi connectivity index (χ0v) is 20.1. The molecule has 2 aliphatic heterocycles. The van der Waals surface area contributed by atoms with Gasteiger partial charge in [-0.3, -0.25) is 19.3 Å². The summed E-state index contributed by atoms with van der Waals surface area (Å²) in [6.45, 7) is 0.856. The lowest BCUT2D eigenvalue weighted by Crippen LogP contribution is -2.75. The molecule has 2 aliphatic rings. The first-order valence-corrected chi connectivity index (χ1v) is 11.5. The van der Waals surface area contributed by atoms with E-state index in [-0.39, 0.29) is 12.5 Å². The molecule has 0 saturated carbocycles. The van der Waals surface area contributed by atoms with Gasteiger partial charge in [-0.15, -0.1) is 0 Å². The molecule has 2 aromatic rings. The number of benzene rings is 2. The first-order chi connectivity index (χ1) is 16.3. The Morgan fingerprint density at radius 2 is 1.59 bits per heavy atom. The highest BCUT2D eigenvalue weighted by Crippen LogP contribution is 2.49. The maximum Gasteiger partial charge on any atom is 0.322 e. The highest BCUT2D eigenvalue weighted by molar-refractivity contribution is 6.14. The van der Waals surface area contributed by atoms with Crippen LogP contribution in [0, 0.1) is 11.3 Å². The fourth-order valence-corrected chi connectivity index (χ4v) is 6.08. The van der Waals surface area contributed by atoms with Gasteiger partial charge in [0.15, 0.2) is 11.2 Å². The van der Waals surface area contributed by atoms with Crippen molar-refractivity contribution in [2.24, 2.45) is 11.3 Å². The number of likely N-dealkylation sites (tertiary alicyclic amines) is 2. The number of piperidine rings is 2. The smallest absolute Gasteiger partial charge is 0.322 e. The lowest BCUT2D eigenvalue weighted by Gasteiger charge is -2.58. The van der Waals surface area contributed by atoms with Crippen molar-refractivity contribution in [2.45, 2.75) is 24.4 Å². The molecule has 34 heavy (non-hydrogen) atoms. The van der Waals surface area contributed by atoms with Gasteiger partial charge in [0, 0.05) is 31.1 Å². The van der Waals surface area contributed by atoms with Crippen LogP contribution in [0.25, 0.3) is 0 Å². The topological polar surface area (TPSA) is 76.1 Å². The largest absolute Gasteiger partial charge is 0.468 e. The zero-order chi connectivity index (χ0) is 24.5. The predicted molar refractivity (Wildman–Crippen MR) is 127 cm³/mol. The van der Waals surface area contributed by atoms with E-state index in [1.54, 1.807) is 0 Å². The third-order valence-electron chi connectivity index (χ3n) is 7.50. The van der Waals surface area contributed by atoms with Crippen LogP contribution in [0.15, 0.2) is 60.7 Å². The number of methoxy groups -OCH3 is 2. The van der Waals surface area contributed by atoms with Crippen LogP contribution in [0.4, 0.5) is 0 Å². The fraction of sp³-hybridized carbons (Fsp3) is 0.444. The monoisotopic (exact) mass is 464 g/mol. The first kappa shape index (κ1) is 24.1. The Balaban J connectivity index is 1.89. The summed E-state index contributed by atoms with van der Waals surface area (Å²) in [4.78, 5) is 44.9. The van der Waals surface area contributed by atoms with Crippen molar-refractivity contribution in [3.63, 3.8) is 0 Å². The third kappa shape index (κ3) is 3.93. The second-order valence-electron chi connectivity index (χ2n) is 9.41. The molecule has 0 N–H and O–H groups in total. The third-order valence-corrected chi connectivity index (χ3v) is 7.50. The SMILES string of the molecule is COC(=O)C1C(=O)C2(C(=O)OC)CN(C)CC(c3ccccc3)C2N(C)C1Cc1ccccc1. The average molecular weight is 465 g/mol. The van der Waals surface area contributed by atoms with Gasteiger partial charge in [0.2, 0.25) is 0 Å². The van der Waals surface area contributed by atoms with Crippen LogP contribution in [0.3, 0.4) is 0 Å². The molecule has 0 spiro atoms. The molecule has 0 aromatic heterocycles. The Kier molecular flexibility index (Phi) is 6.86. The van der Waals surface area contributed by atoms with Gasteiger partial charge in [-0.25, -0.2) is 0 Å². The number of rotatable bonds is 5. The van der Waals surface area contributed by atoms with Crippen molar-refractivity contribution in [1.29, 1.82) is 0 Å². The number of fused-ring (bicyclic) bond motifs is 1. The number of hydrogen-bond donors (Lipinski definition) is 0. The van der Waals surface area contributed by atoms with Crippen LogP contribution >= 0.6 is 0 Å². The highest BCUT2D eigenvalue weighted by Gasteiger charge is 2.67. The van der Waals surface area contributed by atoms with Gasteiger partial charge in [0.05, 0.1) is 14.2 Å².